The van der Waals surface area contributed by atoms with Crippen LogP contribution in [0.2, 0.25) is 0 Å². The fraction of sp³-hybridized carbons (Fsp3) is 0.182. The molecule has 1 N–H and O–H groups in total. The number of anilines is 1. The van der Waals surface area contributed by atoms with Crippen molar-refractivity contribution in [2.45, 2.75) is 13.0 Å². The molecule has 0 radical (unpaired) electrons. The van der Waals surface area contributed by atoms with Gasteiger partial charge >= 0.3 is 0 Å². The third-order valence-corrected chi connectivity index (χ3v) is 5.03. The fourth-order valence-corrected chi connectivity index (χ4v) is 3.39. The number of ether oxygens (including phenoxy) is 3. The molecular weight excluding hydrogens is 436 g/mol. The van der Waals surface area contributed by atoms with Gasteiger partial charge in [0, 0.05) is 22.4 Å². The summed E-state index contributed by atoms with van der Waals surface area (Å²) in [6, 6.07) is 16.6. The minimum absolute atomic E-state index is 0.135. The standard InChI is InChI=1S/C22H19BrN2O4/c23-19-13-21-20(27-8-9-28-21)10-15(19)11-22(26)25-16-5-3-6-18(12-16)29-14-17-4-1-2-7-24-17/h1-7,10,12-13H,8-9,11,14H2,(H,25,26). The van der Waals surface area contributed by atoms with Gasteiger partial charge in [-0.3, -0.25) is 9.78 Å². The third-order valence-electron chi connectivity index (χ3n) is 4.29. The average Bonchev–Trinajstić information content (AvgIpc) is 2.74. The van der Waals surface area contributed by atoms with Gasteiger partial charge in [-0.15, -0.1) is 0 Å². The smallest absolute Gasteiger partial charge is 0.228 e. The van der Waals surface area contributed by atoms with Crippen LogP contribution in [0.1, 0.15) is 11.3 Å². The zero-order valence-electron chi connectivity index (χ0n) is 15.6. The highest BCUT2D eigenvalue weighted by Gasteiger charge is 2.16. The van der Waals surface area contributed by atoms with Crippen molar-refractivity contribution in [3.05, 3.63) is 76.5 Å². The molecule has 1 aliphatic rings. The van der Waals surface area contributed by atoms with E-state index in [1.54, 1.807) is 12.3 Å². The van der Waals surface area contributed by atoms with Crippen molar-refractivity contribution in [3.8, 4) is 17.2 Å². The number of halogens is 1. The quantitative estimate of drug-likeness (QED) is 0.598. The molecule has 29 heavy (non-hydrogen) atoms. The molecule has 0 saturated carbocycles. The van der Waals surface area contributed by atoms with Gasteiger partial charge in [0.25, 0.3) is 0 Å². The summed E-state index contributed by atoms with van der Waals surface area (Å²) in [5.74, 6) is 1.87. The Hall–Kier alpha value is -3.06. The van der Waals surface area contributed by atoms with Gasteiger partial charge in [0.15, 0.2) is 11.5 Å². The van der Waals surface area contributed by atoms with Crippen LogP contribution in [0.4, 0.5) is 5.69 Å². The second-order valence-corrected chi connectivity index (χ2v) is 7.30. The lowest BCUT2D eigenvalue weighted by atomic mass is 10.1. The Morgan fingerprint density at radius 1 is 1.07 bits per heavy atom. The monoisotopic (exact) mass is 454 g/mol. The summed E-state index contributed by atoms with van der Waals surface area (Å²) in [6.45, 7) is 1.39. The second-order valence-electron chi connectivity index (χ2n) is 6.45. The molecule has 2 heterocycles. The summed E-state index contributed by atoms with van der Waals surface area (Å²) in [5.41, 5.74) is 2.34. The Morgan fingerprint density at radius 3 is 2.69 bits per heavy atom. The van der Waals surface area contributed by atoms with E-state index in [2.05, 4.69) is 26.2 Å². The Morgan fingerprint density at radius 2 is 1.90 bits per heavy atom. The number of fused-ring (bicyclic) bond motifs is 1. The lowest BCUT2D eigenvalue weighted by molar-refractivity contribution is -0.115. The van der Waals surface area contributed by atoms with Crippen LogP contribution in [0.15, 0.2) is 65.3 Å². The van der Waals surface area contributed by atoms with Crippen LogP contribution in [-0.4, -0.2) is 24.1 Å². The number of amides is 1. The highest BCUT2D eigenvalue weighted by atomic mass is 79.9. The van der Waals surface area contributed by atoms with Crippen LogP contribution >= 0.6 is 15.9 Å². The van der Waals surface area contributed by atoms with E-state index in [1.165, 1.54) is 0 Å². The van der Waals surface area contributed by atoms with Gasteiger partial charge in [0.1, 0.15) is 25.6 Å². The molecule has 0 bridgehead atoms. The minimum Gasteiger partial charge on any atom is -0.487 e. The second kappa shape index (κ2) is 8.96. The van der Waals surface area contributed by atoms with Gasteiger partial charge in [-0.1, -0.05) is 28.1 Å². The number of pyridine rings is 1. The van der Waals surface area contributed by atoms with E-state index in [4.69, 9.17) is 14.2 Å². The Kier molecular flexibility index (Phi) is 5.95. The molecule has 0 aliphatic carbocycles. The lowest BCUT2D eigenvalue weighted by Crippen LogP contribution is -2.17. The molecule has 148 valence electrons. The van der Waals surface area contributed by atoms with Gasteiger partial charge in [0.2, 0.25) is 5.91 Å². The molecule has 7 heteroatoms. The first-order valence-electron chi connectivity index (χ1n) is 9.18. The fourth-order valence-electron chi connectivity index (χ4n) is 2.92. The zero-order chi connectivity index (χ0) is 20.1. The molecule has 4 rings (SSSR count). The molecule has 2 aromatic carbocycles. The summed E-state index contributed by atoms with van der Waals surface area (Å²) in [5, 5.41) is 2.91. The first-order valence-corrected chi connectivity index (χ1v) is 9.97. The van der Waals surface area contributed by atoms with Crippen molar-refractivity contribution >= 4 is 27.5 Å². The topological polar surface area (TPSA) is 69.7 Å². The summed E-state index contributed by atoms with van der Waals surface area (Å²) in [4.78, 5) is 16.8. The number of nitrogens with zero attached hydrogens (tertiary/aromatic N) is 1. The maximum Gasteiger partial charge on any atom is 0.228 e. The van der Waals surface area contributed by atoms with Crippen molar-refractivity contribution in [3.63, 3.8) is 0 Å². The number of aromatic nitrogens is 1. The van der Waals surface area contributed by atoms with Crippen LogP contribution in [0.3, 0.4) is 0 Å². The third kappa shape index (κ3) is 5.06. The van der Waals surface area contributed by atoms with E-state index >= 15 is 0 Å². The van der Waals surface area contributed by atoms with Gasteiger partial charge in [-0.25, -0.2) is 0 Å². The van der Waals surface area contributed by atoms with Crippen LogP contribution in [0.5, 0.6) is 17.2 Å². The highest BCUT2D eigenvalue weighted by molar-refractivity contribution is 9.10. The molecular formula is C22H19BrN2O4. The normalized spacial score (nSPS) is 12.3. The largest absolute Gasteiger partial charge is 0.487 e. The van der Waals surface area contributed by atoms with Crippen molar-refractivity contribution < 1.29 is 19.0 Å². The van der Waals surface area contributed by atoms with Crippen molar-refractivity contribution in [2.75, 3.05) is 18.5 Å². The number of benzene rings is 2. The molecule has 0 unspecified atom stereocenters. The SMILES string of the molecule is O=C(Cc1cc2c(cc1Br)OCCO2)Nc1cccc(OCc2ccccn2)c1. The molecule has 0 saturated heterocycles. The van der Waals surface area contributed by atoms with Crippen LogP contribution in [0, 0.1) is 0 Å². The number of nitrogens with one attached hydrogen (secondary N) is 1. The number of carbonyl (C=O) groups excluding carboxylic acids is 1. The maximum atomic E-state index is 12.5. The summed E-state index contributed by atoms with van der Waals surface area (Å²) >= 11 is 3.50. The minimum atomic E-state index is -0.135. The van der Waals surface area contributed by atoms with Gasteiger partial charge in [-0.2, -0.15) is 0 Å². The number of carbonyl (C=O) groups is 1. The molecule has 0 fully saturated rings. The summed E-state index contributed by atoms with van der Waals surface area (Å²) in [7, 11) is 0. The number of rotatable bonds is 6. The summed E-state index contributed by atoms with van der Waals surface area (Å²) in [6.07, 6.45) is 1.93. The molecule has 1 aromatic heterocycles. The van der Waals surface area contributed by atoms with E-state index in [0.29, 0.717) is 42.8 Å². The number of hydrogen-bond acceptors (Lipinski definition) is 5. The van der Waals surface area contributed by atoms with Gasteiger partial charge < -0.3 is 19.5 Å². The van der Waals surface area contributed by atoms with E-state index in [9.17, 15) is 4.79 Å². The first kappa shape index (κ1) is 19.3. The average molecular weight is 455 g/mol. The molecule has 1 aliphatic heterocycles. The molecule has 6 nitrogen and oxygen atoms in total. The Labute approximate surface area is 177 Å². The van der Waals surface area contributed by atoms with Crippen molar-refractivity contribution in [2.24, 2.45) is 0 Å². The van der Waals surface area contributed by atoms with Gasteiger partial charge in [0.05, 0.1) is 12.1 Å². The predicted molar refractivity (Wildman–Crippen MR) is 112 cm³/mol. The van der Waals surface area contributed by atoms with Crippen LogP contribution in [-0.2, 0) is 17.8 Å². The number of hydrogen-bond donors (Lipinski definition) is 1. The Bertz CT molecular complexity index is 1010. The maximum absolute atomic E-state index is 12.5. The van der Waals surface area contributed by atoms with E-state index < -0.39 is 0 Å². The van der Waals surface area contributed by atoms with Crippen LogP contribution < -0.4 is 19.5 Å². The lowest BCUT2D eigenvalue weighted by Gasteiger charge is -2.19. The van der Waals surface area contributed by atoms with Gasteiger partial charge in [-0.05, 0) is 42.0 Å². The van der Waals surface area contributed by atoms with E-state index in [1.807, 2.05) is 48.5 Å². The summed E-state index contributed by atoms with van der Waals surface area (Å²) < 4.78 is 17.7. The van der Waals surface area contributed by atoms with Crippen LogP contribution in [0.25, 0.3) is 0 Å². The molecule has 1 amide bonds. The van der Waals surface area contributed by atoms with E-state index in [0.717, 1.165) is 15.7 Å². The Balaban J connectivity index is 1.38. The van der Waals surface area contributed by atoms with Crippen molar-refractivity contribution in [1.82, 2.24) is 4.98 Å². The van der Waals surface area contributed by atoms with Crippen molar-refractivity contribution in [1.29, 1.82) is 0 Å². The first-order chi connectivity index (χ1) is 14.2. The molecule has 3 aromatic rings. The molecule has 0 atom stereocenters. The highest BCUT2D eigenvalue weighted by Crippen LogP contribution is 2.35. The predicted octanol–water partition coefficient (Wildman–Crippen LogP) is 4.38. The van der Waals surface area contributed by atoms with E-state index in [-0.39, 0.29) is 12.3 Å². The zero-order valence-corrected chi connectivity index (χ0v) is 17.1. The molecule has 0 spiro atoms.